The van der Waals surface area contributed by atoms with Gasteiger partial charge in [-0.2, -0.15) is 0 Å². The van der Waals surface area contributed by atoms with Gasteiger partial charge < -0.3 is 24.8 Å². The average Bonchev–Trinajstić information content (AvgIpc) is 3.37. The van der Waals surface area contributed by atoms with Crippen LogP contribution in [0.3, 0.4) is 0 Å². The first kappa shape index (κ1) is 20.8. The van der Waals surface area contributed by atoms with Gasteiger partial charge in [0.1, 0.15) is 0 Å². The molecule has 0 bridgehead atoms. The minimum absolute atomic E-state index is 0.0555. The van der Waals surface area contributed by atoms with E-state index in [4.69, 9.17) is 14.2 Å². The number of anilines is 1. The average molecular weight is 437 g/mol. The van der Waals surface area contributed by atoms with E-state index in [0.717, 1.165) is 36.3 Å². The number of nitrogens with one attached hydrogen (secondary N) is 2. The molecule has 0 unspecified atom stereocenters. The molecule has 7 heteroatoms. The molecule has 5 rings (SSSR count). The Morgan fingerprint density at radius 2 is 1.75 bits per heavy atom. The van der Waals surface area contributed by atoms with Crippen LogP contribution in [-0.2, 0) is 14.9 Å². The van der Waals surface area contributed by atoms with Gasteiger partial charge in [-0.3, -0.25) is 9.59 Å². The molecule has 1 saturated carbocycles. The van der Waals surface area contributed by atoms with Crippen LogP contribution in [0, 0.1) is 11.8 Å². The number of hydrogen-bond acceptors (Lipinski definition) is 5. The van der Waals surface area contributed by atoms with E-state index in [-0.39, 0.29) is 29.9 Å². The lowest BCUT2D eigenvalue weighted by Gasteiger charge is -2.38. The zero-order valence-electron chi connectivity index (χ0n) is 18.2. The van der Waals surface area contributed by atoms with Crippen molar-refractivity contribution in [2.75, 3.05) is 31.9 Å². The highest BCUT2D eigenvalue weighted by atomic mass is 16.7. The molecule has 168 valence electrons. The van der Waals surface area contributed by atoms with Crippen LogP contribution < -0.4 is 20.1 Å². The summed E-state index contributed by atoms with van der Waals surface area (Å²) in [7, 11) is 0. The van der Waals surface area contributed by atoms with Gasteiger partial charge in [0.15, 0.2) is 11.5 Å². The van der Waals surface area contributed by atoms with E-state index in [1.165, 1.54) is 0 Å². The molecule has 7 nitrogen and oxygen atoms in total. The zero-order chi connectivity index (χ0) is 22.1. The summed E-state index contributed by atoms with van der Waals surface area (Å²) in [6, 6.07) is 13.1. The topological polar surface area (TPSA) is 85.9 Å². The molecule has 2 fully saturated rings. The summed E-state index contributed by atoms with van der Waals surface area (Å²) in [6.07, 6.45) is 2.58. The third kappa shape index (κ3) is 4.17. The van der Waals surface area contributed by atoms with Crippen LogP contribution in [0.25, 0.3) is 0 Å². The number of rotatable bonds is 6. The largest absolute Gasteiger partial charge is 0.454 e. The van der Waals surface area contributed by atoms with Gasteiger partial charge in [0, 0.05) is 42.3 Å². The maximum Gasteiger partial charge on any atom is 0.251 e. The summed E-state index contributed by atoms with van der Waals surface area (Å²) in [5, 5.41) is 6.04. The number of amides is 2. The molecule has 2 atom stereocenters. The second-order valence-electron chi connectivity index (χ2n) is 9.03. The summed E-state index contributed by atoms with van der Waals surface area (Å²) in [6.45, 7) is 4.12. The number of ether oxygens (including phenoxy) is 3. The predicted octanol–water partition coefficient (Wildman–Crippen LogP) is 3.49. The van der Waals surface area contributed by atoms with Gasteiger partial charge in [0.2, 0.25) is 12.7 Å². The van der Waals surface area contributed by atoms with E-state index in [9.17, 15) is 9.59 Å². The zero-order valence-corrected chi connectivity index (χ0v) is 18.2. The van der Waals surface area contributed by atoms with Crippen LogP contribution in [0.1, 0.15) is 42.1 Å². The molecule has 0 radical (unpaired) electrons. The van der Waals surface area contributed by atoms with Gasteiger partial charge in [-0.1, -0.05) is 13.0 Å². The highest BCUT2D eigenvalue weighted by Crippen LogP contribution is 2.41. The van der Waals surface area contributed by atoms with Crippen LogP contribution in [0.2, 0.25) is 0 Å². The number of benzene rings is 2. The molecule has 2 N–H and O–H groups in total. The normalized spacial score (nSPS) is 22.8. The fraction of sp³-hybridized carbons (Fsp3) is 0.440. The molecule has 32 heavy (non-hydrogen) atoms. The van der Waals surface area contributed by atoms with Gasteiger partial charge in [0.25, 0.3) is 5.91 Å². The van der Waals surface area contributed by atoms with Crippen LogP contribution >= 0.6 is 0 Å². The number of hydrogen-bond donors (Lipinski definition) is 2. The first-order chi connectivity index (χ1) is 15.5. The Morgan fingerprint density at radius 1 is 1.03 bits per heavy atom. The van der Waals surface area contributed by atoms with E-state index >= 15 is 0 Å². The molecule has 0 spiro atoms. The van der Waals surface area contributed by atoms with Crippen molar-refractivity contribution in [2.45, 2.75) is 31.6 Å². The number of carbonyl (C=O) groups excluding carboxylic acids is 2. The Kier molecular flexibility index (Phi) is 5.51. The second-order valence-corrected chi connectivity index (χ2v) is 9.03. The van der Waals surface area contributed by atoms with Crippen molar-refractivity contribution in [2.24, 2.45) is 11.8 Å². The minimum Gasteiger partial charge on any atom is -0.454 e. The molecule has 0 aromatic heterocycles. The Bertz CT molecular complexity index is 1010. The summed E-state index contributed by atoms with van der Waals surface area (Å²) in [4.78, 5) is 25.0. The van der Waals surface area contributed by atoms with Crippen molar-refractivity contribution in [3.8, 4) is 11.5 Å². The van der Waals surface area contributed by atoms with E-state index in [1.54, 1.807) is 24.3 Å². The van der Waals surface area contributed by atoms with E-state index in [0.29, 0.717) is 36.9 Å². The molecule has 1 saturated heterocycles. The number of fused-ring (bicyclic) bond motifs is 1. The van der Waals surface area contributed by atoms with Crippen molar-refractivity contribution < 1.29 is 23.8 Å². The van der Waals surface area contributed by atoms with E-state index in [2.05, 4.69) is 23.6 Å². The lowest BCUT2D eigenvalue weighted by molar-refractivity contribution is -0.117. The van der Waals surface area contributed by atoms with Gasteiger partial charge in [-0.25, -0.2) is 0 Å². The first-order valence-electron chi connectivity index (χ1n) is 11.2. The van der Waals surface area contributed by atoms with Gasteiger partial charge in [0.05, 0.1) is 0 Å². The van der Waals surface area contributed by atoms with Crippen LogP contribution in [-0.4, -0.2) is 38.4 Å². The van der Waals surface area contributed by atoms with E-state index in [1.807, 2.05) is 12.1 Å². The summed E-state index contributed by atoms with van der Waals surface area (Å²) in [5.74, 6) is 2.00. The standard InChI is InChI=1S/C25H28N2O5/c1-16-12-20(16)24(29)27-19-5-2-17(3-6-19)23(28)26-14-25(8-10-30-11-9-25)18-4-7-21-22(13-18)32-15-31-21/h2-7,13,16,20H,8-12,14-15H2,1H3,(H,26,28)(H,27,29)/t16-,20-/m0/s1. The molecular formula is C25H28N2O5. The predicted molar refractivity (Wildman–Crippen MR) is 119 cm³/mol. The smallest absolute Gasteiger partial charge is 0.251 e. The van der Waals surface area contributed by atoms with Gasteiger partial charge in [-0.15, -0.1) is 0 Å². The molecule has 2 heterocycles. The molecule has 2 aromatic rings. The Balaban J connectivity index is 1.25. The molecule has 3 aliphatic rings. The van der Waals surface area contributed by atoms with Crippen LogP contribution in [0.4, 0.5) is 5.69 Å². The highest BCUT2D eigenvalue weighted by Gasteiger charge is 2.39. The van der Waals surface area contributed by atoms with Crippen molar-refractivity contribution in [1.82, 2.24) is 5.32 Å². The molecule has 2 aliphatic heterocycles. The lowest BCUT2D eigenvalue weighted by Crippen LogP contribution is -2.44. The van der Waals surface area contributed by atoms with Crippen molar-refractivity contribution in [3.05, 3.63) is 53.6 Å². The fourth-order valence-corrected chi connectivity index (χ4v) is 4.53. The van der Waals surface area contributed by atoms with Crippen molar-refractivity contribution in [3.63, 3.8) is 0 Å². The van der Waals surface area contributed by atoms with Gasteiger partial charge in [-0.05, 0) is 67.1 Å². The summed E-state index contributed by atoms with van der Waals surface area (Å²) >= 11 is 0. The Morgan fingerprint density at radius 3 is 2.47 bits per heavy atom. The Hall–Kier alpha value is -3.06. The molecule has 1 aliphatic carbocycles. The maximum absolute atomic E-state index is 12.9. The lowest BCUT2D eigenvalue weighted by atomic mass is 9.74. The van der Waals surface area contributed by atoms with Crippen molar-refractivity contribution >= 4 is 17.5 Å². The molecule has 2 amide bonds. The quantitative estimate of drug-likeness (QED) is 0.724. The highest BCUT2D eigenvalue weighted by molar-refractivity contribution is 5.97. The van der Waals surface area contributed by atoms with Gasteiger partial charge >= 0.3 is 0 Å². The molecule has 2 aromatic carbocycles. The number of carbonyl (C=O) groups is 2. The van der Waals surface area contributed by atoms with Crippen molar-refractivity contribution in [1.29, 1.82) is 0 Å². The van der Waals surface area contributed by atoms with Crippen LogP contribution in [0.5, 0.6) is 11.5 Å². The molecular weight excluding hydrogens is 408 g/mol. The van der Waals surface area contributed by atoms with E-state index < -0.39 is 0 Å². The maximum atomic E-state index is 12.9. The summed E-state index contributed by atoms with van der Waals surface area (Å²) in [5.41, 5.74) is 2.18. The monoisotopic (exact) mass is 436 g/mol. The fourth-order valence-electron chi connectivity index (χ4n) is 4.53. The second kappa shape index (κ2) is 8.47. The summed E-state index contributed by atoms with van der Waals surface area (Å²) < 4.78 is 16.6. The minimum atomic E-state index is -0.218. The Labute approximate surface area is 187 Å². The van der Waals surface area contributed by atoms with Crippen LogP contribution in [0.15, 0.2) is 42.5 Å². The third-order valence-electron chi connectivity index (χ3n) is 6.88. The third-order valence-corrected chi connectivity index (χ3v) is 6.88. The SMILES string of the molecule is C[C@H]1C[C@@H]1C(=O)Nc1ccc(C(=O)NCC2(c3ccc4c(c3)OCO4)CCOCC2)cc1. The first-order valence-corrected chi connectivity index (χ1v) is 11.2.